The van der Waals surface area contributed by atoms with E-state index in [1.54, 1.807) is 19.8 Å². The lowest BCUT2D eigenvalue weighted by atomic mass is 10.1. The van der Waals surface area contributed by atoms with Crippen LogP contribution in [0, 0.1) is 0 Å². The number of benzene rings is 2. The zero-order chi connectivity index (χ0) is 20.1. The Kier molecular flexibility index (Phi) is 3.63. The first kappa shape index (κ1) is 16.8. The Bertz CT molecular complexity index is 1230. The molecule has 2 aromatic carbocycles. The maximum Gasteiger partial charge on any atom is 0.217 e. The quantitative estimate of drug-likeness (QED) is 0.557. The summed E-state index contributed by atoms with van der Waals surface area (Å²) < 4.78 is 9.37. The number of para-hydroxylation sites is 2. The van der Waals surface area contributed by atoms with Crippen LogP contribution in [0.25, 0.3) is 11.0 Å². The molecule has 10 heteroatoms. The number of imidazole rings is 1. The average molecular weight is 401 g/mol. The Balaban J connectivity index is 1.48. The summed E-state index contributed by atoms with van der Waals surface area (Å²) in [5.41, 5.74) is 3.10. The molecule has 2 aliphatic heterocycles. The Morgan fingerprint density at radius 3 is 2.63 bits per heavy atom. The van der Waals surface area contributed by atoms with Gasteiger partial charge in [0.2, 0.25) is 11.9 Å². The summed E-state index contributed by atoms with van der Waals surface area (Å²) in [6, 6.07) is 16.2. The highest BCUT2D eigenvalue weighted by molar-refractivity contribution is 5.99. The number of aliphatic imine (C=N–C) groups is 1. The van der Waals surface area contributed by atoms with E-state index in [0.29, 0.717) is 13.3 Å². The molecule has 150 valence electrons. The molecule has 0 spiro atoms. The third-order valence-electron chi connectivity index (χ3n) is 5.45. The summed E-state index contributed by atoms with van der Waals surface area (Å²) in [5.74, 6) is 2.46. The van der Waals surface area contributed by atoms with Crippen LogP contribution in [0.1, 0.15) is 11.7 Å². The fourth-order valence-corrected chi connectivity index (χ4v) is 3.96. The number of ether oxygens (including phenoxy) is 1. The van der Waals surface area contributed by atoms with Gasteiger partial charge in [-0.1, -0.05) is 24.3 Å². The van der Waals surface area contributed by atoms with Crippen molar-refractivity contribution in [1.82, 2.24) is 29.7 Å². The van der Waals surface area contributed by atoms with Gasteiger partial charge in [-0.15, -0.1) is 10.2 Å². The summed E-state index contributed by atoms with van der Waals surface area (Å²) in [5, 5.41) is 13.4. The Morgan fingerprint density at radius 1 is 1.03 bits per heavy atom. The first-order valence-electron chi connectivity index (χ1n) is 9.61. The van der Waals surface area contributed by atoms with Crippen molar-refractivity contribution in [2.24, 2.45) is 4.99 Å². The van der Waals surface area contributed by atoms with Gasteiger partial charge in [0, 0.05) is 0 Å². The van der Waals surface area contributed by atoms with Crippen LogP contribution < -0.4 is 20.0 Å². The fourth-order valence-electron chi connectivity index (χ4n) is 3.96. The van der Waals surface area contributed by atoms with Crippen LogP contribution in [-0.2, 0) is 0 Å². The van der Waals surface area contributed by atoms with E-state index >= 15 is 0 Å². The van der Waals surface area contributed by atoms with Crippen molar-refractivity contribution in [1.29, 1.82) is 0 Å². The molecule has 4 aromatic rings. The van der Waals surface area contributed by atoms with Gasteiger partial charge in [-0.25, -0.2) is 14.7 Å². The van der Waals surface area contributed by atoms with Crippen molar-refractivity contribution < 1.29 is 4.74 Å². The number of methoxy groups -OCH3 is 1. The molecule has 0 saturated heterocycles. The molecule has 1 atom stereocenters. The molecule has 0 bridgehead atoms. The normalized spacial score (nSPS) is 17.9. The summed E-state index contributed by atoms with van der Waals surface area (Å²) in [6.07, 6.45) is 3.21. The second-order valence-corrected chi connectivity index (χ2v) is 7.13. The molecule has 0 aliphatic carbocycles. The maximum atomic E-state index is 5.32. The van der Waals surface area contributed by atoms with E-state index < -0.39 is 0 Å². The third-order valence-corrected chi connectivity index (χ3v) is 5.45. The van der Waals surface area contributed by atoms with E-state index in [1.165, 1.54) is 0 Å². The largest absolute Gasteiger partial charge is 0.497 e. The number of nitrogens with zero attached hydrogens (tertiary/aromatic N) is 8. The van der Waals surface area contributed by atoms with Crippen LogP contribution in [0.5, 0.6) is 5.75 Å². The van der Waals surface area contributed by atoms with Crippen molar-refractivity contribution in [3.63, 3.8) is 0 Å². The van der Waals surface area contributed by atoms with Crippen molar-refractivity contribution in [2.75, 3.05) is 30.4 Å². The molecular formula is C20H19N9O. The van der Waals surface area contributed by atoms with Crippen molar-refractivity contribution in [2.45, 2.75) is 6.17 Å². The lowest BCUT2D eigenvalue weighted by Crippen LogP contribution is -2.59. The van der Waals surface area contributed by atoms with Gasteiger partial charge in [0.15, 0.2) is 0 Å². The molecular weight excluding hydrogens is 382 g/mol. The Hall–Kier alpha value is -4.08. The molecule has 0 radical (unpaired) electrons. The van der Waals surface area contributed by atoms with Gasteiger partial charge in [-0.3, -0.25) is 14.5 Å². The summed E-state index contributed by atoms with van der Waals surface area (Å²) in [7, 11) is 1.67. The standard InChI is InChI=1S/C20H19N9O/c1-30-15-8-6-14(7-9-15)18-25-19-21-10-27(26-11-22-23-12-26)13-28(19)20-24-16-4-2-3-5-17(16)29(18)20/h2-9,11-12,18H,10,13H2,1H3,(H,21,25)/t18-/m1/s1. The molecule has 10 nitrogen and oxygen atoms in total. The highest BCUT2D eigenvalue weighted by Crippen LogP contribution is 2.34. The average Bonchev–Trinajstić information content (AvgIpc) is 3.47. The number of anilines is 1. The molecule has 4 heterocycles. The molecule has 0 amide bonds. The van der Waals surface area contributed by atoms with E-state index in [1.807, 2.05) is 40.0 Å². The Labute approximate surface area is 172 Å². The number of hydrogen-bond donors (Lipinski definition) is 1. The topological polar surface area (TPSA) is 88.6 Å². The number of guanidine groups is 1. The van der Waals surface area contributed by atoms with Crippen molar-refractivity contribution in [3.8, 4) is 5.75 Å². The van der Waals surface area contributed by atoms with Crippen molar-refractivity contribution in [3.05, 3.63) is 66.7 Å². The number of fused-ring (bicyclic) bond motifs is 5. The minimum Gasteiger partial charge on any atom is -0.497 e. The van der Waals surface area contributed by atoms with Gasteiger partial charge in [-0.05, 0) is 29.8 Å². The van der Waals surface area contributed by atoms with Crippen LogP contribution in [0.3, 0.4) is 0 Å². The van der Waals surface area contributed by atoms with Gasteiger partial charge in [0.1, 0.15) is 37.9 Å². The SMILES string of the molecule is COc1ccc([C@@H]2NC3=NCN(n4cnnc4)CN3c3nc4ccccc4n32)cc1. The molecule has 1 N–H and O–H groups in total. The minimum atomic E-state index is -0.130. The predicted molar refractivity (Wildman–Crippen MR) is 112 cm³/mol. The highest BCUT2D eigenvalue weighted by Gasteiger charge is 2.36. The maximum absolute atomic E-state index is 5.32. The van der Waals surface area contributed by atoms with Gasteiger partial charge in [0.05, 0.1) is 18.1 Å². The summed E-state index contributed by atoms with van der Waals surface area (Å²) in [6.45, 7) is 1.06. The second-order valence-electron chi connectivity index (χ2n) is 7.13. The number of rotatable bonds is 3. The second kappa shape index (κ2) is 6.48. The third kappa shape index (κ3) is 2.50. The molecule has 0 unspecified atom stereocenters. The molecule has 2 aliphatic rings. The van der Waals surface area contributed by atoms with Gasteiger partial charge in [-0.2, -0.15) is 0 Å². The van der Waals surface area contributed by atoms with E-state index in [4.69, 9.17) is 14.7 Å². The first-order chi connectivity index (χ1) is 14.8. The van der Waals surface area contributed by atoms with Gasteiger partial charge in [0.25, 0.3) is 0 Å². The van der Waals surface area contributed by atoms with Gasteiger partial charge < -0.3 is 10.1 Å². The zero-order valence-corrected chi connectivity index (χ0v) is 16.3. The van der Waals surface area contributed by atoms with Crippen LogP contribution >= 0.6 is 0 Å². The number of aromatic nitrogens is 5. The van der Waals surface area contributed by atoms with Gasteiger partial charge >= 0.3 is 0 Å². The zero-order valence-electron chi connectivity index (χ0n) is 16.3. The summed E-state index contributed by atoms with van der Waals surface area (Å²) in [4.78, 5) is 11.8. The molecule has 30 heavy (non-hydrogen) atoms. The highest BCUT2D eigenvalue weighted by atomic mass is 16.5. The van der Waals surface area contributed by atoms with E-state index in [-0.39, 0.29) is 6.17 Å². The number of hydrogen-bond acceptors (Lipinski definition) is 8. The lowest BCUT2D eigenvalue weighted by Gasteiger charge is -2.42. The van der Waals surface area contributed by atoms with Crippen LogP contribution in [-0.4, -0.2) is 50.8 Å². The molecule has 2 aromatic heterocycles. The lowest BCUT2D eigenvalue weighted by molar-refractivity contribution is 0.414. The van der Waals surface area contributed by atoms with E-state index in [9.17, 15) is 0 Å². The predicted octanol–water partition coefficient (Wildman–Crippen LogP) is 1.52. The van der Waals surface area contributed by atoms with E-state index in [0.717, 1.165) is 34.3 Å². The smallest absolute Gasteiger partial charge is 0.217 e. The van der Waals surface area contributed by atoms with Crippen LogP contribution in [0.15, 0.2) is 66.2 Å². The monoisotopic (exact) mass is 401 g/mol. The van der Waals surface area contributed by atoms with Crippen molar-refractivity contribution >= 4 is 22.9 Å². The minimum absolute atomic E-state index is 0.130. The fraction of sp³-hybridized carbons (Fsp3) is 0.200. The van der Waals surface area contributed by atoms with E-state index in [2.05, 4.69) is 43.2 Å². The van der Waals surface area contributed by atoms with Crippen LogP contribution in [0.2, 0.25) is 0 Å². The molecule has 6 rings (SSSR count). The Morgan fingerprint density at radius 2 is 1.83 bits per heavy atom. The first-order valence-corrected chi connectivity index (χ1v) is 9.61. The summed E-state index contributed by atoms with van der Waals surface area (Å²) >= 11 is 0. The van der Waals surface area contributed by atoms with Crippen LogP contribution in [0.4, 0.5) is 5.95 Å². The number of nitrogens with one attached hydrogen (secondary N) is 1. The molecule has 0 fully saturated rings. The molecule has 0 saturated carbocycles.